The SMILES string of the molecule is Cc1ccc(S(=O)(=O)OC[C@@H]2OC(=O)N[C@H]2Cc2ccccc2)cc1. The molecule has 0 aromatic heterocycles. The number of ether oxygens (including phenoxy) is 1. The minimum Gasteiger partial charge on any atom is -0.442 e. The smallest absolute Gasteiger partial charge is 0.407 e. The molecule has 6 nitrogen and oxygen atoms in total. The van der Waals surface area contributed by atoms with Gasteiger partial charge in [-0.25, -0.2) is 4.79 Å². The number of cyclic esters (lactones) is 1. The van der Waals surface area contributed by atoms with Crippen LogP contribution in [0.15, 0.2) is 59.5 Å². The molecule has 1 saturated heterocycles. The Bertz CT molecular complexity index is 834. The highest BCUT2D eigenvalue weighted by Gasteiger charge is 2.35. The number of alkyl carbamates (subject to hydrolysis) is 1. The van der Waals surface area contributed by atoms with Crippen LogP contribution in [-0.2, 0) is 25.5 Å². The van der Waals surface area contributed by atoms with Gasteiger partial charge in [0.1, 0.15) is 12.7 Å². The standard InChI is InChI=1S/C18H19NO5S/c1-13-7-9-15(10-8-13)25(21,22)23-12-17-16(19-18(20)24-17)11-14-5-3-2-4-6-14/h2-10,16-17H,11-12H2,1H3,(H,19,20)/t16-,17-/m0/s1. The van der Waals surface area contributed by atoms with E-state index in [1.165, 1.54) is 12.1 Å². The van der Waals surface area contributed by atoms with Crippen molar-refractivity contribution in [3.63, 3.8) is 0 Å². The molecule has 1 amide bonds. The average Bonchev–Trinajstić information content (AvgIpc) is 2.94. The molecule has 1 N–H and O–H groups in total. The molecule has 1 fully saturated rings. The maximum absolute atomic E-state index is 12.3. The van der Waals surface area contributed by atoms with Crippen LogP contribution < -0.4 is 5.32 Å². The van der Waals surface area contributed by atoms with E-state index in [0.717, 1.165) is 11.1 Å². The van der Waals surface area contributed by atoms with Crippen molar-refractivity contribution < 1.29 is 22.1 Å². The Hall–Kier alpha value is -2.38. The van der Waals surface area contributed by atoms with E-state index in [1.54, 1.807) is 12.1 Å². The zero-order valence-corrected chi connectivity index (χ0v) is 14.5. The maximum Gasteiger partial charge on any atom is 0.407 e. The van der Waals surface area contributed by atoms with Gasteiger partial charge in [-0.05, 0) is 31.0 Å². The van der Waals surface area contributed by atoms with Gasteiger partial charge in [0.25, 0.3) is 10.1 Å². The molecule has 25 heavy (non-hydrogen) atoms. The number of carbonyl (C=O) groups excluding carboxylic acids is 1. The van der Waals surface area contributed by atoms with Crippen LogP contribution in [0.1, 0.15) is 11.1 Å². The van der Waals surface area contributed by atoms with Gasteiger partial charge in [-0.1, -0.05) is 48.0 Å². The van der Waals surface area contributed by atoms with Crippen LogP contribution in [0.3, 0.4) is 0 Å². The van der Waals surface area contributed by atoms with Crippen molar-refractivity contribution >= 4 is 16.2 Å². The first-order valence-corrected chi connectivity index (χ1v) is 9.32. The van der Waals surface area contributed by atoms with Crippen molar-refractivity contribution in [1.29, 1.82) is 0 Å². The highest BCUT2D eigenvalue weighted by molar-refractivity contribution is 7.86. The first-order chi connectivity index (χ1) is 11.9. The van der Waals surface area contributed by atoms with E-state index in [2.05, 4.69) is 5.32 Å². The fourth-order valence-electron chi connectivity index (χ4n) is 2.63. The minimum atomic E-state index is -3.90. The van der Waals surface area contributed by atoms with Crippen LogP contribution in [0.25, 0.3) is 0 Å². The van der Waals surface area contributed by atoms with Crippen molar-refractivity contribution in [3.8, 4) is 0 Å². The summed E-state index contributed by atoms with van der Waals surface area (Å²) >= 11 is 0. The molecule has 2 aromatic rings. The molecule has 3 rings (SSSR count). The molecule has 1 aliphatic heterocycles. The van der Waals surface area contributed by atoms with Gasteiger partial charge in [0.15, 0.2) is 0 Å². The number of amides is 1. The summed E-state index contributed by atoms with van der Waals surface area (Å²) in [6.07, 6.45) is -0.708. The lowest BCUT2D eigenvalue weighted by molar-refractivity contribution is 0.0939. The summed E-state index contributed by atoms with van der Waals surface area (Å²) in [7, 11) is -3.90. The van der Waals surface area contributed by atoms with E-state index in [-0.39, 0.29) is 17.5 Å². The Balaban J connectivity index is 1.66. The Morgan fingerprint density at radius 2 is 1.76 bits per heavy atom. The summed E-state index contributed by atoms with van der Waals surface area (Å²) < 4.78 is 34.8. The highest BCUT2D eigenvalue weighted by atomic mass is 32.2. The summed E-state index contributed by atoms with van der Waals surface area (Å²) in [5.74, 6) is 0. The highest BCUT2D eigenvalue weighted by Crippen LogP contribution is 2.18. The first kappa shape index (κ1) is 17.4. The number of carbonyl (C=O) groups is 1. The molecule has 7 heteroatoms. The van der Waals surface area contributed by atoms with E-state index in [0.29, 0.717) is 6.42 Å². The fraction of sp³-hybridized carbons (Fsp3) is 0.278. The monoisotopic (exact) mass is 361 g/mol. The number of nitrogens with one attached hydrogen (secondary N) is 1. The van der Waals surface area contributed by atoms with Gasteiger partial charge in [-0.2, -0.15) is 8.42 Å². The van der Waals surface area contributed by atoms with Crippen molar-refractivity contribution in [1.82, 2.24) is 5.32 Å². The molecule has 0 saturated carbocycles. The summed E-state index contributed by atoms with van der Waals surface area (Å²) in [5.41, 5.74) is 1.97. The third kappa shape index (κ3) is 4.37. The third-order valence-corrected chi connectivity index (χ3v) is 5.30. The summed E-state index contributed by atoms with van der Waals surface area (Å²) in [6.45, 7) is 1.64. The second kappa shape index (κ2) is 7.25. The average molecular weight is 361 g/mol. The van der Waals surface area contributed by atoms with Crippen molar-refractivity contribution in [2.75, 3.05) is 6.61 Å². The van der Waals surface area contributed by atoms with Gasteiger partial charge in [0.2, 0.25) is 0 Å². The number of hydrogen-bond acceptors (Lipinski definition) is 5. The van der Waals surface area contributed by atoms with E-state index in [1.807, 2.05) is 37.3 Å². The third-order valence-electron chi connectivity index (χ3n) is 4.01. The number of benzene rings is 2. The summed E-state index contributed by atoms with van der Waals surface area (Å²) in [5, 5.41) is 2.70. The number of hydrogen-bond donors (Lipinski definition) is 1. The normalized spacial score (nSPS) is 20.1. The zero-order chi connectivity index (χ0) is 17.9. The van der Waals surface area contributed by atoms with Crippen LogP contribution in [-0.4, -0.2) is 33.3 Å². The molecule has 2 atom stereocenters. The van der Waals surface area contributed by atoms with Gasteiger partial charge in [0, 0.05) is 0 Å². The molecule has 0 spiro atoms. The molecule has 132 valence electrons. The zero-order valence-electron chi connectivity index (χ0n) is 13.7. The van der Waals surface area contributed by atoms with Crippen LogP contribution in [0.2, 0.25) is 0 Å². The van der Waals surface area contributed by atoms with Crippen LogP contribution in [0.4, 0.5) is 4.79 Å². The molecule has 2 aromatic carbocycles. The predicted octanol–water partition coefficient (Wildman–Crippen LogP) is 2.42. The van der Waals surface area contributed by atoms with Crippen molar-refractivity contribution in [2.24, 2.45) is 0 Å². The van der Waals surface area contributed by atoms with E-state index < -0.39 is 22.3 Å². The molecule has 1 aliphatic rings. The number of aryl methyl sites for hydroxylation is 1. The topological polar surface area (TPSA) is 81.7 Å². The Labute approximate surface area is 146 Å². The van der Waals surface area contributed by atoms with Gasteiger partial charge in [-0.15, -0.1) is 0 Å². The van der Waals surface area contributed by atoms with Crippen LogP contribution in [0.5, 0.6) is 0 Å². The predicted molar refractivity (Wildman–Crippen MR) is 91.7 cm³/mol. The largest absolute Gasteiger partial charge is 0.442 e. The number of rotatable bonds is 6. The lowest BCUT2D eigenvalue weighted by Crippen LogP contribution is -2.36. The van der Waals surface area contributed by atoms with E-state index >= 15 is 0 Å². The van der Waals surface area contributed by atoms with Gasteiger partial charge < -0.3 is 10.1 Å². The molecule has 0 radical (unpaired) electrons. The summed E-state index contributed by atoms with van der Waals surface area (Å²) in [6, 6.07) is 15.6. The van der Waals surface area contributed by atoms with Crippen LogP contribution >= 0.6 is 0 Å². The van der Waals surface area contributed by atoms with Gasteiger partial charge in [0.05, 0.1) is 10.9 Å². The Morgan fingerprint density at radius 3 is 2.44 bits per heavy atom. The molecular weight excluding hydrogens is 342 g/mol. The van der Waals surface area contributed by atoms with Crippen LogP contribution in [0, 0.1) is 6.92 Å². The second-order valence-electron chi connectivity index (χ2n) is 5.94. The lowest BCUT2D eigenvalue weighted by Gasteiger charge is -2.17. The quantitative estimate of drug-likeness (QED) is 0.799. The Morgan fingerprint density at radius 1 is 1.08 bits per heavy atom. The molecule has 0 unspecified atom stereocenters. The van der Waals surface area contributed by atoms with Gasteiger partial charge >= 0.3 is 6.09 Å². The first-order valence-electron chi connectivity index (χ1n) is 7.91. The molecule has 1 heterocycles. The van der Waals surface area contributed by atoms with Gasteiger partial charge in [-0.3, -0.25) is 4.18 Å². The molecule has 0 bridgehead atoms. The van der Waals surface area contributed by atoms with Crippen molar-refractivity contribution in [2.45, 2.75) is 30.4 Å². The fourth-order valence-corrected chi connectivity index (χ4v) is 3.55. The second-order valence-corrected chi connectivity index (χ2v) is 7.55. The van der Waals surface area contributed by atoms with Crippen molar-refractivity contribution in [3.05, 3.63) is 65.7 Å². The lowest BCUT2D eigenvalue weighted by atomic mass is 10.0. The maximum atomic E-state index is 12.3. The Kier molecular flexibility index (Phi) is 5.06. The molecule has 0 aliphatic carbocycles. The van der Waals surface area contributed by atoms with E-state index in [4.69, 9.17) is 8.92 Å². The van der Waals surface area contributed by atoms with E-state index in [9.17, 15) is 13.2 Å². The minimum absolute atomic E-state index is 0.0787. The molecular formula is C18H19NO5S. The summed E-state index contributed by atoms with van der Waals surface area (Å²) in [4.78, 5) is 11.6.